The number of alkyl halides is 1. The molecule has 0 aliphatic heterocycles. The van der Waals surface area contributed by atoms with E-state index in [1.54, 1.807) is 89.3 Å². The van der Waals surface area contributed by atoms with Crippen LogP contribution in [0.5, 0.6) is 0 Å². The smallest absolute Gasteiger partial charge is 0.308 e. The first-order chi connectivity index (χ1) is 39.0. The van der Waals surface area contributed by atoms with Crippen LogP contribution >= 0.6 is 132 Å². The van der Waals surface area contributed by atoms with Crippen LogP contribution in [0.25, 0.3) is 0 Å². The zero-order valence-electron chi connectivity index (χ0n) is 48.2. The fraction of sp³-hybridized carbons (Fsp3) is 0.674. The van der Waals surface area contributed by atoms with Crippen molar-refractivity contribution in [1.82, 2.24) is 15.0 Å². The van der Waals surface area contributed by atoms with Gasteiger partial charge in [-0.1, -0.05) is 23.4 Å². The minimum absolute atomic E-state index is 0. The molecular weight excluding hydrogens is 1610 g/mol. The van der Waals surface area contributed by atoms with Gasteiger partial charge in [-0.2, -0.15) is 0 Å². The highest BCUT2D eigenvalue weighted by molar-refractivity contribution is 14.1. The maximum atomic E-state index is 13.5. The van der Waals surface area contributed by atoms with Crippen LogP contribution in [0.2, 0.25) is 0 Å². The molecule has 0 N–H and O–H groups in total. The maximum absolute atomic E-state index is 13.5. The molecule has 0 spiro atoms. The predicted octanol–water partition coefficient (Wildman–Crippen LogP) is 17.8. The average Bonchev–Trinajstić information content (AvgIpc) is 1.76. The Morgan fingerprint density at radius 3 is 0.929 bits per heavy atom. The molecule has 3 aromatic heterocycles. The van der Waals surface area contributed by atoms with Crippen molar-refractivity contribution >= 4 is 143 Å². The van der Waals surface area contributed by atoms with Gasteiger partial charge in [0.15, 0.2) is 16.7 Å². The SMILES string of the molecule is C.CCOP(=O)(CP(=O)(OCC)OCC)OCC.CCOP(=O)(OCC)C(Cc1cc(I)cnc1Br)P(=O)(OCC)OCC.CCOP(=O)(OCC)C(Cc1cc([N+](=O)[O-])cnc1Br)P(=O)(OCC)OCC.O=[N+]([O-])c1cnc(Br)c(CBr)c1. The Hall–Kier alpha value is -0.200. The molecule has 0 amide bonds. The van der Waals surface area contributed by atoms with E-state index in [1.807, 2.05) is 6.07 Å². The van der Waals surface area contributed by atoms with E-state index in [0.29, 0.717) is 20.1 Å². The fourth-order valence-electron chi connectivity index (χ4n) is 6.71. The Kier molecular flexibility index (Phi) is 45.3. The quantitative estimate of drug-likeness (QED) is 0.0129. The summed E-state index contributed by atoms with van der Waals surface area (Å²) in [6.07, 6.45) is 3.91. The van der Waals surface area contributed by atoms with E-state index in [2.05, 4.69) is 101 Å². The van der Waals surface area contributed by atoms with Crippen LogP contribution in [0.4, 0.5) is 11.4 Å². The van der Waals surface area contributed by atoms with Crippen molar-refractivity contribution < 1.29 is 91.5 Å². The summed E-state index contributed by atoms with van der Waals surface area (Å²) in [6, 6.07) is 4.61. The van der Waals surface area contributed by atoms with Crippen molar-refractivity contribution in [2.75, 3.05) is 85.2 Å². The van der Waals surface area contributed by atoms with E-state index in [9.17, 15) is 47.6 Å². The molecule has 3 rings (SSSR count). The van der Waals surface area contributed by atoms with Crippen LogP contribution in [0.3, 0.4) is 0 Å². The highest BCUT2D eigenvalue weighted by atomic mass is 127. The molecule has 0 bridgehead atoms. The van der Waals surface area contributed by atoms with Gasteiger partial charge in [0, 0.05) is 45.6 Å². The molecule has 0 aliphatic carbocycles. The number of rotatable bonds is 37. The molecule has 0 radical (unpaired) electrons. The average molecular weight is 1690 g/mol. The molecule has 27 nitrogen and oxygen atoms in total. The molecule has 0 unspecified atom stereocenters. The summed E-state index contributed by atoms with van der Waals surface area (Å²) in [6.45, 7) is 21.7. The number of hydrogen-bond acceptors (Lipinski definition) is 25. The van der Waals surface area contributed by atoms with Gasteiger partial charge >= 0.3 is 45.6 Å². The molecular formula is C46H80Br4IN5O22P6. The molecule has 38 heteroatoms. The van der Waals surface area contributed by atoms with Crippen LogP contribution < -0.4 is 0 Å². The van der Waals surface area contributed by atoms with E-state index in [0.717, 1.165) is 20.9 Å². The number of aromatic nitrogens is 3. The lowest BCUT2D eigenvalue weighted by Gasteiger charge is -2.31. The molecule has 0 aliphatic rings. The highest BCUT2D eigenvalue weighted by Crippen LogP contribution is 2.72. The third-order valence-electron chi connectivity index (χ3n) is 9.63. The number of hydrogen-bond donors (Lipinski definition) is 0. The number of halogens is 5. The van der Waals surface area contributed by atoms with Crippen LogP contribution in [0.15, 0.2) is 50.6 Å². The van der Waals surface area contributed by atoms with Gasteiger partial charge in [0.05, 0.1) is 89.1 Å². The summed E-state index contributed by atoms with van der Waals surface area (Å²) in [4.78, 5) is 32.3. The monoisotopic (exact) mass is 1680 g/mol. The van der Waals surface area contributed by atoms with Crippen LogP contribution in [0.1, 0.15) is 107 Å². The summed E-state index contributed by atoms with van der Waals surface area (Å²) in [7, 11) is -22.3. The van der Waals surface area contributed by atoms with Crippen molar-refractivity contribution in [3.8, 4) is 0 Å². The molecule has 3 aromatic rings. The standard InChI is InChI=1S/C15H25BrINO6P2.C15H25BrN2O8P2.C9H22O6P2.C6H4Br2N2O2.CH4/c1-5-21-25(19,22-6-2)14(26(20,23-7-3)24-8-4)10-12-9-13(17)11-18-15(12)16;1-5-23-27(21,24-6-2)14(28(22,25-7-3)26-8-4)10-12-9-13(18(19)20)11-17-15(12)16;1-5-12-16(10,13-6-2)9-17(11,14-7-3)15-8-4;7-2-4-1-5(10(11)12)3-9-6(4)8;/h9,11,14H,5-8,10H2,1-4H3;9,11,14H,5-8,10H2,1-4H3;5-9H2,1-4H3;1,3H,2H2;1H4. The van der Waals surface area contributed by atoms with Crippen molar-refractivity contribution in [2.45, 2.75) is 119 Å². The van der Waals surface area contributed by atoms with Gasteiger partial charge in [0.25, 0.3) is 11.4 Å². The Morgan fingerprint density at radius 2 is 0.679 bits per heavy atom. The predicted molar refractivity (Wildman–Crippen MR) is 346 cm³/mol. The number of nitro groups is 2. The largest absolute Gasteiger partial charge is 0.346 e. The lowest BCUT2D eigenvalue weighted by Crippen LogP contribution is -2.20. The van der Waals surface area contributed by atoms with Gasteiger partial charge in [0.1, 0.15) is 26.2 Å². The van der Waals surface area contributed by atoms with Gasteiger partial charge in [-0.05, 0) is 171 Å². The van der Waals surface area contributed by atoms with Crippen LogP contribution in [-0.4, -0.2) is 121 Å². The third kappa shape index (κ3) is 29.4. The van der Waals surface area contributed by atoms with E-state index >= 15 is 0 Å². The zero-order valence-corrected chi connectivity index (χ0v) is 62.1. The van der Waals surface area contributed by atoms with Gasteiger partial charge in [-0.3, -0.25) is 47.6 Å². The topological polar surface area (TPSA) is 338 Å². The van der Waals surface area contributed by atoms with Crippen molar-refractivity contribution in [3.05, 3.63) is 91.1 Å². The Bertz CT molecular complexity index is 2610. The highest BCUT2D eigenvalue weighted by Gasteiger charge is 2.52. The van der Waals surface area contributed by atoms with Crippen LogP contribution in [0, 0.1) is 23.8 Å². The third-order valence-corrected chi connectivity index (χ3v) is 30.3. The summed E-state index contributed by atoms with van der Waals surface area (Å²) >= 11 is 15.1. The van der Waals surface area contributed by atoms with E-state index in [4.69, 9.17) is 54.3 Å². The number of pyridine rings is 3. The summed E-state index contributed by atoms with van der Waals surface area (Å²) in [5, 5.41) is 19.5. The first-order valence-corrected chi connectivity index (χ1v) is 40.3. The first-order valence-electron chi connectivity index (χ1n) is 25.8. The lowest BCUT2D eigenvalue weighted by atomic mass is 10.2. The van der Waals surface area contributed by atoms with Gasteiger partial charge in [-0.25, -0.2) is 15.0 Å². The second-order valence-electron chi connectivity index (χ2n) is 15.4. The van der Waals surface area contributed by atoms with Gasteiger partial charge in [-0.15, -0.1) is 0 Å². The summed E-state index contributed by atoms with van der Waals surface area (Å²) in [5.41, 5.74) is 1.54. The van der Waals surface area contributed by atoms with E-state index < -0.39 is 66.2 Å². The maximum Gasteiger partial charge on any atom is 0.346 e. The Balaban J connectivity index is 0. The molecule has 84 heavy (non-hydrogen) atoms. The minimum Gasteiger partial charge on any atom is -0.308 e. The van der Waals surface area contributed by atoms with Gasteiger partial charge in [0.2, 0.25) is 0 Å². The Morgan fingerprint density at radius 1 is 0.440 bits per heavy atom. The second-order valence-corrected chi connectivity index (χ2v) is 33.8. The molecule has 0 saturated carbocycles. The first kappa shape index (κ1) is 85.9. The van der Waals surface area contributed by atoms with Crippen molar-refractivity contribution in [3.63, 3.8) is 0 Å². The van der Waals surface area contributed by atoms with E-state index in [1.165, 1.54) is 18.3 Å². The fourth-order valence-corrected chi connectivity index (χ4v) is 24.5. The Labute approximate surface area is 541 Å². The normalized spacial score (nSPS) is 12.1. The van der Waals surface area contributed by atoms with Crippen molar-refractivity contribution in [2.24, 2.45) is 0 Å². The minimum atomic E-state index is -3.97. The summed E-state index contributed by atoms with van der Waals surface area (Å²) in [5.74, 6) is -0.344. The molecule has 3 heterocycles. The van der Waals surface area contributed by atoms with E-state index in [-0.39, 0.29) is 121 Å². The van der Waals surface area contributed by atoms with Gasteiger partial charge < -0.3 is 54.3 Å². The molecule has 0 saturated heterocycles. The summed E-state index contributed by atoms with van der Waals surface area (Å²) < 4.78 is 144. The molecule has 0 atom stereocenters. The zero-order chi connectivity index (χ0) is 63.7. The second kappa shape index (κ2) is 44.3. The number of nitrogens with zero attached hydrogens (tertiary/aromatic N) is 5. The molecule has 0 fully saturated rings. The molecule has 486 valence electrons. The van der Waals surface area contributed by atoms with Crippen molar-refractivity contribution in [1.29, 1.82) is 0 Å². The van der Waals surface area contributed by atoms with Crippen LogP contribution in [-0.2, 0) is 99.8 Å². The lowest BCUT2D eigenvalue weighted by molar-refractivity contribution is -0.385. The molecule has 0 aromatic carbocycles.